The average Bonchev–Trinajstić information content (AvgIpc) is 1.91. The number of hydrogen-bond acceptors (Lipinski definition) is 18. The van der Waals surface area contributed by atoms with E-state index in [0.717, 1.165) is 70.9 Å². The van der Waals surface area contributed by atoms with E-state index in [1.807, 2.05) is 48.5 Å². The van der Waals surface area contributed by atoms with Gasteiger partial charge in [-0.15, -0.1) is 0 Å². The van der Waals surface area contributed by atoms with Gasteiger partial charge in [0.05, 0.1) is 31.0 Å². The van der Waals surface area contributed by atoms with Gasteiger partial charge >= 0.3 is 0 Å². The van der Waals surface area contributed by atoms with Gasteiger partial charge in [0.1, 0.15) is 66.1 Å². The van der Waals surface area contributed by atoms with Crippen molar-refractivity contribution in [1.29, 1.82) is 0 Å². The molecule has 0 radical (unpaired) electrons. The highest BCUT2D eigenvalue weighted by molar-refractivity contribution is 6.00. The molecule has 3 aliphatic rings. The molecule has 0 aliphatic carbocycles. The van der Waals surface area contributed by atoms with Crippen molar-refractivity contribution in [3.05, 3.63) is 108 Å². The Morgan fingerprint density at radius 2 is 1.17 bits per heavy atom. The Morgan fingerprint density at radius 1 is 0.629 bits per heavy atom. The number of aliphatic hydroxyl groups excluding tert-OH is 7. The molecular formula is C64H86N8O17. The van der Waals surface area contributed by atoms with Crippen LogP contribution in [0.2, 0.25) is 0 Å². The Labute approximate surface area is 517 Å². The van der Waals surface area contributed by atoms with Gasteiger partial charge in [0, 0.05) is 44.0 Å². The van der Waals surface area contributed by atoms with Crippen LogP contribution in [0.25, 0.3) is 22.3 Å². The molecule has 0 aromatic heterocycles. The van der Waals surface area contributed by atoms with Crippen molar-refractivity contribution < 1.29 is 83.9 Å². The Morgan fingerprint density at radius 3 is 1.75 bits per heavy atom. The number of aliphatic hydroxyl groups is 7. The molecule has 7 rings (SSSR count). The standard InChI is InChI=1S/C64H86N8O17/c1-5-6-10-29-88-46-26-22-41(23-27-46)39-14-12-38(13-15-39)40-16-18-43(19-17-40)57(81)66-47-32-49(77)62(89-30-11-8-7-9-28-65)70-61(85)53-54(78)35(2)33-72(53)64(87)51(37(4)74)68-60(84)52(56(80)55(79)42-20-24-44(75)25-21-42)69-59(83)48-31-45(76)34-71(48)63(86)50(36(3)73)67-58(47)82/h12-27,35-37,45,47-56,62,73-80H,5-11,28-34,65H2,1-4H3,(H,66,81)(H,67,82)(H,68,84)(H,69,83)(H,70,85)/t35-,36+,37+,45+,47+,48-,49-,50-,51-,52-,53-,54-,55-,56-,62+/m0/s1. The van der Waals surface area contributed by atoms with E-state index in [9.17, 15) is 74.4 Å². The van der Waals surface area contributed by atoms with Crippen molar-refractivity contribution in [1.82, 2.24) is 36.4 Å². The lowest BCUT2D eigenvalue weighted by Crippen LogP contribution is -2.64. The average molecular weight is 1240 g/mol. The first-order chi connectivity index (χ1) is 42.5. The fourth-order valence-corrected chi connectivity index (χ4v) is 11.2. The van der Waals surface area contributed by atoms with Crippen molar-refractivity contribution in [2.45, 2.75) is 171 Å². The summed E-state index contributed by atoms with van der Waals surface area (Å²) < 4.78 is 12.0. The minimum Gasteiger partial charge on any atom is -0.508 e. The molecule has 3 heterocycles. The van der Waals surface area contributed by atoms with Gasteiger partial charge in [0.15, 0.2) is 6.23 Å². The maximum atomic E-state index is 14.8. The second-order valence-electron chi connectivity index (χ2n) is 23.3. The number of carbonyl (C=O) groups excluding carboxylic acids is 7. The molecule has 25 nitrogen and oxygen atoms in total. The highest BCUT2D eigenvalue weighted by atomic mass is 16.5. The summed E-state index contributed by atoms with van der Waals surface area (Å²) in [5.41, 5.74) is 9.17. The molecule has 3 aliphatic heterocycles. The van der Waals surface area contributed by atoms with E-state index < -0.39 is 152 Å². The summed E-state index contributed by atoms with van der Waals surface area (Å²) in [5.74, 6) is -8.24. The number of phenols is 1. The fourth-order valence-electron chi connectivity index (χ4n) is 11.2. The lowest BCUT2D eigenvalue weighted by atomic mass is 9.96. The zero-order valence-corrected chi connectivity index (χ0v) is 50.5. The minimum atomic E-state index is -2.29. The molecule has 0 saturated carbocycles. The van der Waals surface area contributed by atoms with E-state index in [4.69, 9.17) is 15.2 Å². The molecular weight excluding hydrogens is 1150 g/mol. The third-order valence-electron chi connectivity index (χ3n) is 16.4. The summed E-state index contributed by atoms with van der Waals surface area (Å²) in [6, 6.07) is 15.3. The molecule has 25 heteroatoms. The van der Waals surface area contributed by atoms with Crippen LogP contribution in [0.4, 0.5) is 0 Å². The van der Waals surface area contributed by atoms with E-state index >= 15 is 0 Å². The predicted molar refractivity (Wildman–Crippen MR) is 325 cm³/mol. The number of benzene rings is 4. The van der Waals surface area contributed by atoms with Crippen molar-refractivity contribution in [2.24, 2.45) is 11.7 Å². The molecule has 4 aromatic carbocycles. The number of nitrogens with one attached hydrogen (secondary N) is 5. The first-order valence-electron chi connectivity index (χ1n) is 30.5. The van der Waals surface area contributed by atoms with Crippen molar-refractivity contribution in [3.63, 3.8) is 0 Å². The molecule has 15 atom stereocenters. The van der Waals surface area contributed by atoms with Gasteiger partial charge in [-0.1, -0.05) is 100 Å². The Bertz CT molecular complexity index is 3010. The van der Waals surface area contributed by atoms with Crippen molar-refractivity contribution in [3.8, 4) is 33.8 Å². The maximum absolute atomic E-state index is 14.8. The van der Waals surface area contributed by atoms with Crippen LogP contribution in [-0.2, 0) is 33.5 Å². The number of fused-ring (bicyclic) bond motifs is 2. The van der Waals surface area contributed by atoms with Gasteiger partial charge in [0.2, 0.25) is 35.4 Å². The molecule has 89 heavy (non-hydrogen) atoms. The smallest absolute Gasteiger partial charge is 0.251 e. The normalized spacial score (nSPS) is 26.3. The highest BCUT2D eigenvalue weighted by Gasteiger charge is 2.50. The second kappa shape index (κ2) is 32.2. The minimum absolute atomic E-state index is 0.0465. The zero-order chi connectivity index (χ0) is 64.6. The van der Waals surface area contributed by atoms with E-state index in [-0.39, 0.29) is 30.0 Å². The molecule has 3 fully saturated rings. The lowest BCUT2D eigenvalue weighted by molar-refractivity contribution is -0.149. The number of carbonyl (C=O) groups is 7. The second-order valence-corrected chi connectivity index (χ2v) is 23.3. The number of nitrogens with zero attached hydrogens (tertiary/aromatic N) is 2. The SMILES string of the molecule is CCCCCOc1ccc(-c2ccc(-c3ccc(C(=O)N[C@@H]4C[C@H](O)[C@@H](OCCCCCCN)NC(=O)[C@@H]5[C@@H](O)[C@@H](C)CN5C(=O)[C@H]([C@@H](C)O)NC(=O)[C@H]([C@H](O)[C@@H](O)c5ccc(O)cc5)NC(=O)[C@@H]5C[C@@H](O)CN5C(=O)[C@H]([C@@H](C)O)NC4=O)cc3)cc2)cc1. The van der Waals surface area contributed by atoms with Crippen LogP contribution in [0.3, 0.4) is 0 Å². The van der Waals surface area contributed by atoms with Crippen LogP contribution in [0.15, 0.2) is 97.1 Å². The first kappa shape index (κ1) is 68.9. The van der Waals surface area contributed by atoms with Crippen molar-refractivity contribution >= 4 is 41.4 Å². The summed E-state index contributed by atoms with van der Waals surface area (Å²) in [6.45, 7) is 5.98. The maximum Gasteiger partial charge on any atom is 0.251 e. The van der Waals surface area contributed by atoms with E-state index in [1.54, 1.807) is 12.1 Å². The van der Waals surface area contributed by atoms with Gasteiger partial charge in [-0.25, -0.2) is 0 Å². The largest absolute Gasteiger partial charge is 0.508 e. The van der Waals surface area contributed by atoms with Gasteiger partial charge in [-0.3, -0.25) is 33.6 Å². The molecule has 0 spiro atoms. The summed E-state index contributed by atoms with van der Waals surface area (Å²) >= 11 is 0. The number of unbranched alkanes of at least 4 members (excludes halogenated alkanes) is 5. The number of rotatable bonds is 21. The molecule has 484 valence electrons. The van der Waals surface area contributed by atoms with Crippen LogP contribution in [0.5, 0.6) is 11.5 Å². The fraction of sp³-hybridized carbons (Fsp3) is 0.516. The number of hydrogen-bond donors (Lipinski definition) is 14. The summed E-state index contributed by atoms with van der Waals surface area (Å²) in [7, 11) is 0. The Kier molecular flexibility index (Phi) is 25.0. The van der Waals surface area contributed by atoms with E-state index in [0.29, 0.717) is 38.8 Å². The van der Waals surface area contributed by atoms with Gasteiger partial charge < -0.3 is 92.4 Å². The Balaban J connectivity index is 1.23. The van der Waals surface area contributed by atoms with E-state index in [2.05, 4.69) is 33.5 Å². The number of aromatic hydroxyl groups is 1. The van der Waals surface area contributed by atoms with E-state index in [1.165, 1.54) is 43.3 Å². The van der Waals surface area contributed by atoms with Gasteiger partial charge in [-0.2, -0.15) is 0 Å². The van der Waals surface area contributed by atoms with Crippen LogP contribution in [0, 0.1) is 5.92 Å². The predicted octanol–water partition coefficient (Wildman–Crippen LogP) is 0.616. The summed E-state index contributed by atoms with van der Waals surface area (Å²) in [6.07, 6.45) is -10.2. The number of nitrogens with two attached hydrogens (primary N) is 1. The number of amides is 7. The first-order valence-corrected chi connectivity index (χ1v) is 30.5. The molecule has 15 N–H and O–H groups in total. The summed E-state index contributed by atoms with van der Waals surface area (Å²) in [5, 5.41) is 103. The molecule has 4 aromatic rings. The van der Waals surface area contributed by atoms with Crippen molar-refractivity contribution in [2.75, 3.05) is 32.8 Å². The zero-order valence-electron chi connectivity index (χ0n) is 50.5. The van der Waals surface area contributed by atoms with Crippen LogP contribution in [-0.4, -0.2) is 204 Å². The third kappa shape index (κ3) is 17.9. The molecule has 3 saturated heterocycles. The van der Waals surface area contributed by atoms with Gasteiger partial charge in [0.25, 0.3) is 5.91 Å². The number of ether oxygens (including phenoxy) is 2. The van der Waals surface area contributed by atoms with Crippen LogP contribution >= 0.6 is 0 Å². The quantitative estimate of drug-likeness (QED) is 0.0508. The Hall–Kier alpha value is -7.59. The van der Waals surface area contributed by atoms with Crippen LogP contribution in [0.1, 0.15) is 108 Å². The van der Waals surface area contributed by atoms with Crippen LogP contribution < -0.4 is 37.1 Å². The van der Waals surface area contributed by atoms with Gasteiger partial charge in [-0.05, 0) is 104 Å². The lowest BCUT2D eigenvalue weighted by Gasteiger charge is -2.34. The topological polar surface area (TPSA) is 392 Å². The third-order valence-corrected chi connectivity index (χ3v) is 16.4. The molecule has 7 amide bonds. The monoisotopic (exact) mass is 1240 g/mol. The number of phenolic OH excluding ortho intramolecular Hbond substituents is 1. The summed E-state index contributed by atoms with van der Waals surface area (Å²) in [4.78, 5) is 104. The molecule has 0 unspecified atom stereocenters. The highest BCUT2D eigenvalue weighted by Crippen LogP contribution is 2.30. The molecule has 0 bridgehead atoms.